The summed E-state index contributed by atoms with van der Waals surface area (Å²) >= 11 is 0. The number of aromatic nitrogens is 1. The zero-order valence-electron chi connectivity index (χ0n) is 19.3. The number of benzene rings is 1. The Balaban J connectivity index is 1.25. The Morgan fingerprint density at radius 1 is 1.14 bits per heavy atom. The van der Waals surface area contributed by atoms with Crippen LogP contribution in [0.2, 0.25) is 0 Å². The summed E-state index contributed by atoms with van der Waals surface area (Å²) in [5, 5.41) is 4.54. The molecule has 36 heavy (non-hydrogen) atoms. The van der Waals surface area contributed by atoms with Gasteiger partial charge >= 0.3 is 0 Å². The van der Waals surface area contributed by atoms with Crippen molar-refractivity contribution in [3.05, 3.63) is 59.6 Å². The van der Waals surface area contributed by atoms with Crippen molar-refractivity contribution in [1.29, 1.82) is 0 Å². The molecular formula is C24H26FN3O6S2. The largest absolute Gasteiger partial charge is 0.336 e. The molecule has 9 nitrogen and oxygen atoms in total. The molecule has 1 amide bonds. The Kier molecular flexibility index (Phi) is 6.95. The molecule has 1 aliphatic heterocycles. The lowest BCUT2D eigenvalue weighted by atomic mass is 10.1. The zero-order chi connectivity index (χ0) is 25.4. The summed E-state index contributed by atoms with van der Waals surface area (Å²) in [7, 11) is -5.83. The van der Waals surface area contributed by atoms with Gasteiger partial charge in [0.1, 0.15) is 11.9 Å². The van der Waals surface area contributed by atoms with E-state index in [1.807, 2.05) is 6.08 Å². The van der Waals surface area contributed by atoms with E-state index in [9.17, 15) is 21.8 Å². The molecular weight excluding hydrogens is 509 g/mol. The van der Waals surface area contributed by atoms with E-state index in [-0.39, 0.29) is 41.8 Å². The topological polar surface area (TPSA) is 129 Å². The molecule has 2 aromatic rings. The minimum absolute atomic E-state index is 0.0638. The van der Waals surface area contributed by atoms with Crippen molar-refractivity contribution in [2.75, 3.05) is 13.1 Å². The second-order valence-corrected chi connectivity index (χ2v) is 12.5. The van der Waals surface area contributed by atoms with Crippen molar-refractivity contribution in [3.63, 3.8) is 0 Å². The van der Waals surface area contributed by atoms with Crippen LogP contribution in [-0.4, -0.2) is 52.9 Å². The van der Waals surface area contributed by atoms with Crippen LogP contribution in [0.1, 0.15) is 54.1 Å². The second-order valence-electron chi connectivity index (χ2n) is 9.25. The number of primary sulfonamides is 1. The third-order valence-corrected chi connectivity index (χ3v) is 9.02. The summed E-state index contributed by atoms with van der Waals surface area (Å²) in [5.74, 6) is -0.654. The fraction of sp³-hybridized carbons (Fsp3) is 0.417. The van der Waals surface area contributed by atoms with Crippen LogP contribution in [0.4, 0.5) is 4.39 Å². The number of likely N-dealkylation sites (tertiary alicyclic amines) is 1. The van der Waals surface area contributed by atoms with Gasteiger partial charge in [-0.15, -0.1) is 0 Å². The number of hydrogen-bond acceptors (Lipinski definition) is 7. The lowest BCUT2D eigenvalue weighted by Crippen LogP contribution is -2.55. The Morgan fingerprint density at radius 3 is 2.56 bits per heavy atom. The van der Waals surface area contributed by atoms with Crippen LogP contribution >= 0.6 is 0 Å². The Labute approximate surface area is 210 Å². The number of carbonyl (C=O) groups is 1. The number of amides is 1. The Morgan fingerprint density at radius 2 is 1.92 bits per heavy atom. The van der Waals surface area contributed by atoms with Gasteiger partial charge in [-0.2, -0.15) is 4.89 Å². The van der Waals surface area contributed by atoms with E-state index >= 15 is 0 Å². The smallest absolute Gasteiger partial charge is 0.257 e. The zero-order valence-corrected chi connectivity index (χ0v) is 21.0. The maximum Gasteiger partial charge on any atom is 0.257 e. The van der Waals surface area contributed by atoms with Gasteiger partial charge in [0.2, 0.25) is 10.0 Å². The van der Waals surface area contributed by atoms with Crippen LogP contribution in [-0.2, 0) is 25.7 Å². The fourth-order valence-electron chi connectivity index (χ4n) is 4.17. The summed E-state index contributed by atoms with van der Waals surface area (Å²) in [5.41, 5.74) is 1.18. The molecule has 1 saturated heterocycles. The summed E-state index contributed by atoms with van der Waals surface area (Å²) in [6.07, 6.45) is 8.61. The monoisotopic (exact) mass is 535 g/mol. The third-order valence-electron chi connectivity index (χ3n) is 6.44. The molecule has 3 aliphatic rings. The maximum atomic E-state index is 14.4. The summed E-state index contributed by atoms with van der Waals surface area (Å²) in [4.78, 5) is 29.7. The Hall–Kier alpha value is -2.67. The number of nitrogens with zero attached hydrogens (tertiary/aromatic N) is 2. The van der Waals surface area contributed by atoms with Crippen molar-refractivity contribution in [1.82, 2.24) is 9.88 Å². The first kappa shape index (κ1) is 25.0. The molecule has 2 fully saturated rings. The molecule has 192 valence electrons. The van der Waals surface area contributed by atoms with E-state index < -0.39 is 36.8 Å². The van der Waals surface area contributed by atoms with E-state index in [2.05, 4.69) is 11.1 Å². The van der Waals surface area contributed by atoms with Gasteiger partial charge in [0.05, 0.1) is 25.8 Å². The normalized spacial score (nSPS) is 21.2. The van der Waals surface area contributed by atoms with Crippen LogP contribution in [0.5, 0.6) is 5.88 Å². The number of rotatable bonds is 8. The summed E-state index contributed by atoms with van der Waals surface area (Å²) in [6.45, 7) is 0.341. The first-order chi connectivity index (χ1) is 17.2. The molecule has 1 aromatic carbocycles. The predicted octanol–water partition coefficient (Wildman–Crippen LogP) is 2.80. The number of hydrogen-bond donors (Lipinski definition) is 1. The van der Waals surface area contributed by atoms with Crippen LogP contribution < -0.4 is 10.0 Å². The first-order valence-electron chi connectivity index (χ1n) is 11.7. The van der Waals surface area contributed by atoms with E-state index in [1.165, 1.54) is 4.90 Å². The minimum atomic E-state index is -4.07. The van der Waals surface area contributed by atoms with Crippen LogP contribution in [0, 0.1) is 5.82 Å². The second kappa shape index (κ2) is 10.0. The highest BCUT2D eigenvalue weighted by molar-refractivity contribution is 7.89. The van der Waals surface area contributed by atoms with Gasteiger partial charge in [-0.1, -0.05) is 12.2 Å². The fourth-order valence-corrected chi connectivity index (χ4v) is 6.14. The van der Waals surface area contributed by atoms with E-state index in [0.29, 0.717) is 5.56 Å². The highest BCUT2D eigenvalue weighted by Gasteiger charge is 2.37. The highest BCUT2D eigenvalue weighted by atomic mass is 32.2. The average Bonchev–Trinajstić information content (AvgIpc) is 3.67. The van der Waals surface area contributed by atoms with Crippen molar-refractivity contribution >= 4 is 26.7 Å². The SMILES string of the molecule is NS(=O)(=O)c1ccc(S(=O)C2CN(C(=O)c3cc(OOC4CC=CCC4)nc(C4CC4)c3)C2)c(F)c1. The third kappa shape index (κ3) is 5.51. The average molecular weight is 536 g/mol. The molecule has 2 unspecified atom stereocenters. The van der Waals surface area contributed by atoms with Crippen LogP contribution in [0.3, 0.4) is 0 Å². The van der Waals surface area contributed by atoms with Crippen molar-refractivity contribution in [2.24, 2.45) is 5.14 Å². The lowest BCUT2D eigenvalue weighted by Gasteiger charge is -2.38. The van der Waals surface area contributed by atoms with Crippen molar-refractivity contribution in [3.8, 4) is 5.88 Å². The van der Waals surface area contributed by atoms with Crippen molar-refractivity contribution in [2.45, 2.75) is 59.2 Å². The first-order valence-corrected chi connectivity index (χ1v) is 14.5. The standard InChI is InChI=1S/C24H26FN3O6S2/c25-20-12-19(36(26,31)32)8-9-22(20)35(30)18-13-28(14-18)24(29)16-10-21(15-6-7-15)27-23(11-16)34-33-17-4-2-1-3-5-17/h1-2,8-12,15,17-18H,3-7,13-14H2,(H2,26,31,32). The van der Waals surface area contributed by atoms with Crippen LogP contribution in [0.15, 0.2) is 52.3 Å². The molecule has 1 saturated carbocycles. The molecule has 0 radical (unpaired) electrons. The molecule has 2 N–H and O–H groups in total. The number of nitrogens with two attached hydrogens (primary N) is 1. The number of allylic oxidation sites excluding steroid dienone is 1. The molecule has 2 heterocycles. The number of carbonyl (C=O) groups excluding carboxylic acids is 1. The van der Waals surface area contributed by atoms with Crippen LogP contribution in [0.25, 0.3) is 0 Å². The van der Waals surface area contributed by atoms with Gasteiger partial charge in [0.15, 0.2) is 0 Å². The van der Waals surface area contributed by atoms with E-state index in [1.54, 1.807) is 12.1 Å². The van der Waals surface area contributed by atoms with Gasteiger partial charge in [-0.05, 0) is 56.4 Å². The molecule has 2 atom stereocenters. The molecule has 5 rings (SSSR count). The van der Waals surface area contributed by atoms with Gasteiger partial charge in [0, 0.05) is 36.3 Å². The molecule has 2 aliphatic carbocycles. The molecule has 1 aromatic heterocycles. The van der Waals surface area contributed by atoms with Gasteiger partial charge in [-0.3, -0.25) is 9.00 Å². The number of sulfonamides is 1. The minimum Gasteiger partial charge on any atom is -0.336 e. The number of pyridine rings is 1. The number of halogens is 1. The highest BCUT2D eigenvalue weighted by Crippen LogP contribution is 2.40. The molecule has 12 heteroatoms. The van der Waals surface area contributed by atoms with Crippen molar-refractivity contribution < 1.29 is 31.6 Å². The molecule has 0 spiro atoms. The summed E-state index contributed by atoms with van der Waals surface area (Å²) < 4.78 is 50.1. The predicted molar refractivity (Wildman–Crippen MR) is 129 cm³/mol. The van der Waals surface area contributed by atoms with Gasteiger partial charge in [-0.25, -0.2) is 22.9 Å². The van der Waals surface area contributed by atoms with Gasteiger partial charge in [0.25, 0.3) is 11.8 Å². The Bertz CT molecular complexity index is 1340. The summed E-state index contributed by atoms with van der Waals surface area (Å²) in [6, 6.07) is 6.34. The maximum absolute atomic E-state index is 14.4. The van der Waals surface area contributed by atoms with E-state index in [4.69, 9.17) is 14.9 Å². The lowest BCUT2D eigenvalue weighted by molar-refractivity contribution is -0.248. The van der Waals surface area contributed by atoms with E-state index in [0.717, 1.165) is 56.0 Å². The molecule has 0 bridgehead atoms. The van der Waals surface area contributed by atoms with Gasteiger partial charge < -0.3 is 9.79 Å². The quantitative estimate of drug-likeness (QED) is 0.313.